The van der Waals surface area contributed by atoms with Gasteiger partial charge in [0, 0.05) is 4.47 Å². The smallest absolute Gasteiger partial charge is 0.407 e. The normalized spacial score (nSPS) is 19.6. The molecule has 1 saturated heterocycles. The molecule has 80 valence electrons. The van der Waals surface area contributed by atoms with Crippen LogP contribution in [0.3, 0.4) is 0 Å². The number of hydrogen-bond donors (Lipinski definition) is 1. The van der Waals surface area contributed by atoms with Crippen LogP contribution >= 0.6 is 15.9 Å². The molecular formula is C10H10BrNO3. The lowest BCUT2D eigenvalue weighted by Gasteiger charge is -2.11. The number of alkyl carbamates (subject to hydrolysis) is 1. The van der Waals surface area contributed by atoms with Crippen LogP contribution in [-0.4, -0.2) is 19.8 Å². The Bertz CT molecular complexity index is 394. The summed E-state index contributed by atoms with van der Waals surface area (Å²) < 4.78 is 10.9. The minimum atomic E-state index is -0.380. The number of carbonyl (C=O) groups excluding carboxylic acids is 1. The van der Waals surface area contributed by atoms with Crippen LogP contribution in [0.4, 0.5) is 4.79 Å². The Kier molecular flexibility index (Phi) is 2.81. The van der Waals surface area contributed by atoms with Crippen molar-refractivity contribution in [3.05, 3.63) is 28.2 Å². The maximum atomic E-state index is 10.9. The van der Waals surface area contributed by atoms with Gasteiger partial charge < -0.3 is 14.8 Å². The van der Waals surface area contributed by atoms with Gasteiger partial charge in [-0.3, -0.25) is 0 Å². The van der Waals surface area contributed by atoms with E-state index in [4.69, 9.17) is 9.47 Å². The van der Waals surface area contributed by atoms with E-state index in [1.165, 1.54) is 0 Å². The van der Waals surface area contributed by atoms with E-state index in [0.29, 0.717) is 6.61 Å². The van der Waals surface area contributed by atoms with Crippen LogP contribution < -0.4 is 10.1 Å². The average molecular weight is 272 g/mol. The molecule has 1 heterocycles. The largest absolute Gasteiger partial charge is 0.497 e. The van der Waals surface area contributed by atoms with Crippen molar-refractivity contribution >= 4 is 22.0 Å². The molecule has 1 fully saturated rings. The van der Waals surface area contributed by atoms with Crippen LogP contribution in [-0.2, 0) is 4.74 Å². The van der Waals surface area contributed by atoms with Gasteiger partial charge in [-0.2, -0.15) is 0 Å². The van der Waals surface area contributed by atoms with Crippen LogP contribution in [0.25, 0.3) is 0 Å². The SMILES string of the molecule is COc1ccc(Br)c([C@@H]2COC(=O)N2)c1. The fourth-order valence-corrected chi connectivity index (χ4v) is 1.99. The zero-order valence-corrected chi connectivity index (χ0v) is 9.71. The van der Waals surface area contributed by atoms with Crippen molar-refractivity contribution in [1.29, 1.82) is 0 Å². The van der Waals surface area contributed by atoms with Gasteiger partial charge in [-0.1, -0.05) is 15.9 Å². The number of rotatable bonds is 2. The molecule has 1 aromatic rings. The molecule has 0 unspecified atom stereocenters. The fraction of sp³-hybridized carbons (Fsp3) is 0.300. The fourth-order valence-electron chi connectivity index (χ4n) is 1.47. The highest BCUT2D eigenvalue weighted by Gasteiger charge is 2.25. The molecule has 0 bridgehead atoms. The summed E-state index contributed by atoms with van der Waals surface area (Å²) in [4.78, 5) is 10.9. The number of hydrogen-bond acceptors (Lipinski definition) is 3. The number of amides is 1. The van der Waals surface area contributed by atoms with E-state index in [0.717, 1.165) is 15.8 Å². The number of cyclic esters (lactones) is 1. The Morgan fingerprint density at radius 3 is 3.00 bits per heavy atom. The number of benzene rings is 1. The molecule has 1 aromatic carbocycles. The van der Waals surface area contributed by atoms with E-state index in [9.17, 15) is 4.79 Å². The van der Waals surface area contributed by atoms with E-state index < -0.39 is 0 Å². The number of halogens is 1. The first kappa shape index (κ1) is 10.3. The van der Waals surface area contributed by atoms with Crippen molar-refractivity contribution in [3.63, 3.8) is 0 Å². The number of ether oxygens (including phenoxy) is 2. The van der Waals surface area contributed by atoms with Crippen molar-refractivity contribution in [3.8, 4) is 5.75 Å². The molecule has 15 heavy (non-hydrogen) atoms. The zero-order chi connectivity index (χ0) is 10.8. The van der Waals surface area contributed by atoms with Gasteiger partial charge in [0.05, 0.1) is 13.2 Å². The van der Waals surface area contributed by atoms with E-state index in [2.05, 4.69) is 21.2 Å². The molecule has 1 atom stereocenters. The topological polar surface area (TPSA) is 47.6 Å². The Morgan fingerprint density at radius 1 is 1.60 bits per heavy atom. The Balaban J connectivity index is 2.30. The van der Waals surface area contributed by atoms with Crippen LogP contribution in [0.1, 0.15) is 11.6 Å². The van der Waals surface area contributed by atoms with E-state index >= 15 is 0 Å². The summed E-state index contributed by atoms with van der Waals surface area (Å²) in [6.45, 7) is 0.352. The van der Waals surface area contributed by atoms with Crippen LogP contribution in [0.15, 0.2) is 22.7 Å². The molecule has 0 spiro atoms. The Hall–Kier alpha value is -1.23. The van der Waals surface area contributed by atoms with E-state index in [-0.39, 0.29) is 12.1 Å². The van der Waals surface area contributed by atoms with Gasteiger partial charge in [0.2, 0.25) is 0 Å². The van der Waals surface area contributed by atoms with Crippen LogP contribution in [0.2, 0.25) is 0 Å². The van der Waals surface area contributed by atoms with Gasteiger partial charge in [0.25, 0.3) is 0 Å². The third-order valence-electron chi connectivity index (χ3n) is 2.25. The zero-order valence-electron chi connectivity index (χ0n) is 8.12. The molecule has 1 aliphatic rings. The lowest BCUT2D eigenvalue weighted by Crippen LogP contribution is -2.18. The number of carbonyl (C=O) groups is 1. The molecular weight excluding hydrogens is 262 g/mol. The van der Waals surface area contributed by atoms with E-state index in [1.807, 2.05) is 18.2 Å². The van der Waals surface area contributed by atoms with Gasteiger partial charge in [0.15, 0.2) is 0 Å². The van der Waals surface area contributed by atoms with Crippen molar-refractivity contribution in [2.45, 2.75) is 6.04 Å². The third-order valence-corrected chi connectivity index (χ3v) is 2.97. The molecule has 5 heteroatoms. The second-order valence-corrected chi connectivity index (χ2v) is 4.04. The maximum absolute atomic E-state index is 10.9. The van der Waals surface area contributed by atoms with Crippen molar-refractivity contribution in [2.24, 2.45) is 0 Å². The first-order chi connectivity index (χ1) is 7.20. The van der Waals surface area contributed by atoms with Crippen LogP contribution in [0, 0.1) is 0 Å². The quantitative estimate of drug-likeness (QED) is 0.898. The van der Waals surface area contributed by atoms with Crippen molar-refractivity contribution in [2.75, 3.05) is 13.7 Å². The molecule has 0 aromatic heterocycles. The second kappa shape index (κ2) is 4.10. The van der Waals surface area contributed by atoms with E-state index in [1.54, 1.807) is 7.11 Å². The molecule has 0 saturated carbocycles. The first-order valence-electron chi connectivity index (χ1n) is 4.47. The molecule has 4 nitrogen and oxygen atoms in total. The number of methoxy groups -OCH3 is 1. The van der Waals surface area contributed by atoms with Gasteiger partial charge in [-0.15, -0.1) is 0 Å². The summed E-state index contributed by atoms with van der Waals surface area (Å²) in [6, 6.07) is 5.51. The van der Waals surface area contributed by atoms with Crippen molar-refractivity contribution < 1.29 is 14.3 Å². The summed E-state index contributed by atoms with van der Waals surface area (Å²) in [6.07, 6.45) is -0.380. The summed E-state index contributed by atoms with van der Waals surface area (Å²) >= 11 is 3.43. The Morgan fingerprint density at radius 2 is 2.40 bits per heavy atom. The third kappa shape index (κ3) is 2.07. The van der Waals surface area contributed by atoms with Crippen molar-refractivity contribution in [1.82, 2.24) is 5.32 Å². The minimum Gasteiger partial charge on any atom is -0.497 e. The molecule has 1 aliphatic heterocycles. The van der Waals surface area contributed by atoms with Gasteiger partial charge >= 0.3 is 6.09 Å². The highest BCUT2D eigenvalue weighted by molar-refractivity contribution is 9.10. The monoisotopic (exact) mass is 271 g/mol. The summed E-state index contributed by atoms with van der Waals surface area (Å²) in [5.41, 5.74) is 0.959. The molecule has 2 rings (SSSR count). The first-order valence-corrected chi connectivity index (χ1v) is 5.26. The molecule has 1 amide bonds. The minimum absolute atomic E-state index is 0.109. The molecule has 0 aliphatic carbocycles. The number of nitrogens with one attached hydrogen (secondary N) is 1. The predicted molar refractivity (Wildman–Crippen MR) is 57.9 cm³/mol. The highest BCUT2D eigenvalue weighted by atomic mass is 79.9. The van der Waals surface area contributed by atoms with Gasteiger partial charge in [-0.25, -0.2) is 4.79 Å². The lowest BCUT2D eigenvalue weighted by molar-refractivity contribution is 0.177. The molecule has 1 N–H and O–H groups in total. The Labute approximate surface area is 95.7 Å². The standard InChI is InChI=1S/C10H10BrNO3/c1-14-6-2-3-8(11)7(4-6)9-5-15-10(13)12-9/h2-4,9H,5H2,1H3,(H,12,13)/t9-/m0/s1. The molecule has 0 radical (unpaired) electrons. The average Bonchev–Trinajstić information content (AvgIpc) is 2.65. The predicted octanol–water partition coefficient (Wildman–Crippen LogP) is 2.24. The summed E-state index contributed by atoms with van der Waals surface area (Å²) in [5, 5.41) is 2.72. The summed E-state index contributed by atoms with van der Waals surface area (Å²) in [7, 11) is 1.61. The summed E-state index contributed by atoms with van der Waals surface area (Å²) in [5.74, 6) is 0.759. The van der Waals surface area contributed by atoms with Crippen LogP contribution in [0.5, 0.6) is 5.75 Å². The van der Waals surface area contributed by atoms with Gasteiger partial charge in [-0.05, 0) is 23.8 Å². The maximum Gasteiger partial charge on any atom is 0.407 e. The van der Waals surface area contributed by atoms with Gasteiger partial charge in [0.1, 0.15) is 12.4 Å². The highest BCUT2D eigenvalue weighted by Crippen LogP contribution is 2.29. The lowest BCUT2D eigenvalue weighted by atomic mass is 10.1. The second-order valence-electron chi connectivity index (χ2n) is 3.18.